The number of aliphatic hydroxyl groups excluding tert-OH is 1. The number of methoxy groups -OCH3 is 1. The zero-order valence-electron chi connectivity index (χ0n) is 9.83. The number of aliphatic hydroxyl groups is 1. The van der Waals surface area contributed by atoms with Gasteiger partial charge < -0.3 is 15.2 Å². The summed E-state index contributed by atoms with van der Waals surface area (Å²) in [6.07, 6.45) is 0.456. The number of hydrogen-bond acceptors (Lipinski definition) is 4. The molecule has 0 fully saturated rings. The van der Waals surface area contributed by atoms with Gasteiger partial charge in [0.1, 0.15) is 0 Å². The minimum absolute atomic E-state index is 0.00741. The van der Waals surface area contributed by atoms with Crippen molar-refractivity contribution < 1.29 is 14.6 Å². The summed E-state index contributed by atoms with van der Waals surface area (Å²) in [4.78, 5) is 12.0. The average molecular weight is 322 g/mol. The van der Waals surface area contributed by atoms with E-state index in [-0.39, 0.29) is 12.5 Å². The highest BCUT2D eigenvalue weighted by molar-refractivity contribution is 9.11. The Kier molecular flexibility index (Phi) is 5.58. The maximum atomic E-state index is 12.0. The largest absolute Gasteiger partial charge is 0.396 e. The van der Waals surface area contributed by atoms with Crippen molar-refractivity contribution in [2.24, 2.45) is 0 Å². The summed E-state index contributed by atoms with van der Waals surface area (Å²) in [6.45, 7) is 2.23. The molecular formula is C11H16BrNO3S. The monoisotopic (exact) mass is 321 g/mol. The van der Waals surface area contributed by atoms with Gasteiger partial charge in [-0.3, -0.25) is 4.79 Å². The van der Waals surface area contributed by atoms with Gasteiger partial charge in [-0.25, -0.2) is 0 Å². The first kappa shape index (κ1) is 14.6. The van der Waals surface area contributed by atoms with Crippen LogP contribution in [0, 0.1) is 0 Å². The van der Waals surface area contributed by atoms with Gasteiger partial charge >= 0.3 is 0 Å². The molecule has 1 aromatic rings. The van der Waals surface area contributed by atoms with Gasteiger partial charge in [-0.1, -0.05) is 0 Å². The Labute approximate surface area is 113 Å². The molecule has 0 aromatic carbocycles. The Hall–Kier alpha value is -0.430. The predicted molar refractivity (Wildman–Crippen MR) is 71.5 cm³/mol. The molecule has 0 aliphatic carbocycles. The molecule has 6 heteroatoms. The number of amides is 1. The SMILES string of the molecule is COCC(C)(CCO)NC(=O)c1csc(Br)c1. The lowest BCUT2D eigenvalue weighted by atomic mass is 9.99. The molecule has 17 heavy (non-hydrogen) atoms. The van der Waals surface area contributed by atoms with Gasteiger partial charge in [-0.05, 0) is 35.3 Å². The van der Waals surface area contributed by atoms with Gasteiger partial charge in [0, 0.05) is 19.1 Å². The molecule has 96 valence electrons. The minimum atomic E-state index is -0.547. The molecule has 2 N–H and O–H groups in total. The van der Waals surface area contributed by atoms with E-state index in [1.165, 1.54) is 11.3 Å². The second-order valence-electron chi connectivity index (χ2n) is 4.06. The van der Waals surface area contributed by atoms with E-state index in [0.717, 1.165) is 3.79 Å². The van der Waals surface area contributed by atoms with Crippen LogP contribution in [0.3, 0.4) is 0 Å². The van der Waals surface area contributed by atoms with Gasteiger partial charge in [0.15, 0.2) is 0 Å². The Bertz CT molecular complexity index is 375. The molecular weight excluding hydrogens is 306 g/mol. The molecule has 0 spiro atoms. The van der Waals surface area contributed by atoms with E-state index < -0.39 is 5.54 Å². The Balaban J connectivity index is 2.70. The number of carbonyl (C=O) groups excluding carboxylic acids is 1. The molecule has 1 heterocycles. The second kappa shape index (κ2) is 6.49. The summed E-state index contributed by atoms with van der Waals surface area (Å²) in [6, 6.07) is 1.77. The number of ether oxygens (including phenoxy) is 1. The van der Waals surface area contributed by atoms with Crippen molar-refractivity contribution in [1.82, 2.24) is 5.32 Å². The first-order valence-electron chi connectivity index (χ1n) is 5.17. The first-order valence-corrected chi connectivity index (χ1v) is 6.84. The maximum Gasteiger partial charge on any atom is 0.252 e. The van der Waals surface area contributed by atoms with Gasteiger partial charge in [-0.2, -0.15) is 0 Å². The van der Waals surface area contributed by atoms with Crippen LogP contribution in [-0.2, 0) is 4.74 Å². The van der Waals surface area contributed by atoms with E-state index >= 15 is 0 Å². The predicted octanol–water partition coefficient (Wildman–Crippen LogP) is 2.03. The molecule has 0 aliphatic rings. The highest BCUT2D eigenvalue weighted by atomic mass is 79.9. The number of thiophene rings is 1. The zero-order valence-corrected chi connectivity index (χ0v) is 12.2. The van der Waals surface area contributed by atoms with Crippen molar-refractivity contribution >= 4 is 33.2 Å². The summed E-state index contributed by atoms with van der Waals surface area (Å²) in [5.41, 5.74) is 0.0665. The number of carbonyl (C=O) groups is 1. The number of rotatable bonds is 6. The fourth-order valence-electron chi connectivity index (χ4n) is 1.51. The van der Waals surface area contributed by atoms with Crippen LogP contribution in [0.4, 0.5) is 0 Å². The summed E-state index contributed by atoms with van der Waals surface area (Å²) in [5.74, 6) is -0.153. The molecule has 1 aromatic heterocycles. The van der Waals surface area contributed by atoms with Gasteiger partial charge in [-0.15, -0.1) is 11.3 Å². The molecule has 0 saturated heterocycles. The maximum absolute atomic E-state index is 12.0. The van der Waals surface area contributed by atoms with Gasteiger partial charge in [0.25, 0.3) is 5.91 Å². The molecule has 1 amide bonds. The van der Waals surface area contributed by atoms with E-state index in [0.29, 0.717) is 18.6 Å². The van der Waals surface area contributed by atoms with E-state index in [2.05, 4.69) is 21.2 Å². The van der Waals surface area contributed by atoms with E-state index in [4.69, 9.17) is 9.84 Å². The lowest BCUT2D eigenvalue weighted by Gasteiger charge is -2.29. The van der Waals surface area contributed by atoms with Crippen LogP contribution >= 0.6 is 27.3 Å². The van der Waals surface area contributed by atoms with Gasteiger partial charge in [0.05, 0.1) is 21.5 Å². The third-order valence-corrected chi connectivity index (χ3v) is 3.88. The normalized spacial score (nSPS) is 14.4. The van der Waals surface area contributed by atoms with Crippen LogP contribution in [0.1, 0.15) is 23.7 Å². The second-order valence-corrected chi connectivity index (χ2v) is 6.35. The zero-order chi connectivity index (χ0) is 12.9. The summed E-state index contributed by atoms with van der Waals surface area (Å²) >= 11 is 4.78. The van der Waals surface area contributed by atoms with E-state index in [1.54, 1.807) is 18.6 Å². The first-order chi connectivity index (χ1) is 8.00. The molecule has 1 rings (SSSR count). The third-order valence-electron chi connectivity index (χ3n) is 2.37. The fraction of sp³-hybridized carbons (Fsp3) is 0.545. The Morgan fingerprint density at radius 2 is 2.41 bits per heavy atom. The topological polar surface area (TPSA) is 58.6 Å². The van der Waals surface area contributed by atoms with Gasteiger partial charge in [0.2, 0.25) is 0 Å². The van der Waals surface area contributed by atoms with Crippen LogP contribution < -0.4 is 5.32 Å². The number of hydrogen-bond donors (Lipinski definition) is 2. The lowest BCUT2D eigenvalue weighted by Crippen LogP contribution is -2.49. The number of nitrogens with one attached hydrogen (secondary N) is 1. The van der Waals surface area contributed by atoms with Crippen LogP contribution in [-0.4, -0.2) is 36.9 Å². The fourth-order valence-corrected chi connectivity index (χ4v) is 2.65. The van der Waals surface area contributed by atoms with E-state index in [9.17, 15) is 4.79 Å². The van der Waals surface area contributed by atoms with Crippen LogP contribution in [0.15, 0.2) is 15.2 Å². The van der Waals surface area contributed by atoms with Crippen LogP contribution in [0.25, 0.3) is 0 Å². The quantitative estimate of drug-likeness (QED) is 0.842. The Morgan fingerprint density at radius 3 is 2.88 bits per heavy atom. The molecule has 1 unspecified atom stereocenters. The van der Waals surface area contributed by atoms with Crippen LogP contribution in [0.2, 0.25) is 0 Å². The molecule has 4 nitrogen and oxygen atoms in total. The highest BCUT2D eigenvalue weighted by Gasteiger charge is 2.26. The number of halogens is 1. The van der Waals surface area contributed by atoms with Crippen molar-refractivity contribution in [3.8, 4) is 0 Å². The van der Waals surface area contributed by atoms with Crippen molar-refractivity contribution in [2.45, 2.75) is 18.9 Å². The molecule has 0 aliphatic heterocycles. The Morgan fingerprint density at radius 1 is 1.71 bits per heavy atom. The average Bonchev–Trinajstić information content (AvgIpc) is 2.65. The summed E-state index contributed by atoms with van der Waals surface area (Å²) in [5, 5.41) is 13.7. The van der Waals surface area contributed by atoms with Crippen molar-refractivity contribution in [2.75, 3.05) is 20.3 Å². The minimum Gasteiger partial charge on any atom is -0.396 e. The molecule has 0 saturated carbocycles. The third kappa shape index (κ3) is 4.39. The van der Waals surface area contributed by atoms with Crippen molar-refractivity contribution in [3.05, 3.63) is 20.8 Å². The lowest BCUT2D eigenvalue weighted by molar-refractivity contribution is 0.0726. The molecule has 0 bridgehead atoms. The highest BCUT2D eigenvalue weighted by Crippen LogP contribution is 2.21. The summed E-state index contributed by atoms with van der Waals surface area (Å²) < 4.78 is 5.98. The van der Waals surface area contributed by atoms with Crippen molar-refractivity contribution in [3.63, 3.8) is 0 Å². The molecule has 0 radical (unpaired) electrons. The summed E-state index contributed by atoms with van der Waals surface area (Å²) in [7, 11) is 1.57. The smallest absolute Gasteiger partial charge is 0.252 e. The standard InChI is InChI=1S/C11H16BrNO3S/c1-11(3-4-14,7-16-2)13-10(15)8-5-9(12)17-6-8/h5-6,14H,3-4,7H2,1-2H3,(H,13,15). The van der Waals surface area contributed by atoms with E-state index in [1.807, 2.05) is 6.92 Å². The van der Waals surface area contributed by atoms with Crippen molar-refractivity contribution in [1.29, 1.82) is 0 Å². The van der Waals surface area contributed by atoms with Crippen LogP contribution in [0.5, 0.6) is 0 Å². The molecule has 1 atom stereocenters.